The molecular formula is C25H49O12P. The molecule has 0 amide bonds. The molecule has 226 valence electrons. The van der Waals surface area contributed by atoms with Crippen molar-refractivity contribution in [2.75, 3.05) is 19.8 Å². The normalized spacial score (nSPS) is 28.1. The topological polar surface area (TPSA) is 192 Å². The van der Waals surface area contributed by atoms with Gasteiger partial charge >= 0.3 is 13.8 Å². The summed E-state index contributed by atoms with van der Waals surface area (Å²) in [6.45, 7) is 3.13. The van der Waals surface area contributed by atoms with Crippen LogP contribution in [0.3, 0.4) is 0 Å². The molecule has 0 spiro atoms. The lowest BCUT2D eigenvalue weighted by atomic mass is 9.85. The highest BCUT2D eigenvalue weighted by Crippen LogP contribution is 2.47. The molecule has 0 saturated heterocycles. The maximum atomic E-state index is 12.3. The van der Waals surface area contributed by atoms with Crippen molar-refractivity contribution in [3.8, 4) is 0 Å². The van der Waals surface area contributed by atoms with Crippen molar-refractivity contribution < 1.29 is 58.3 Å². The van der Waals surface area contributed by atoms with Gasteiger partial charge in [-0.2, -0.15) is 0 Å². The first-order valence-electron chi connectivity index (χ1n) is 13.8. The molecule has 1 fully saturated rings. The van der Waals surface area contributed by atoms with Crippen LogP contribution >= 0.6 is 7.82 Å². The number of hydrogen-bond acceptors (Lipinski definition) is 11. The van der Waals surface area contributed by atoms with E-state index in [4.69, 9.17) is 18.5 Å². The van der Waals surface area contributed by atoms with Gasteiger partial charge in [0, 0.05) is 13.5 Å². The number of unbranched alkanes of at least 4 members (excludes halogenated alkanes) is 11. The van der Waals surface area contributed by atoms with Gasteiger partial charge in [0.25, 0.3) is 0 Å². The van der Waals surface area contributed by atoms with E-state index >= 15 is 0 Å². The summed E-state index contributed by atoms with van der Waals surface area (Å²) in [4.78, 5) is 21.4. The summed E-state index contributed by atoms with van der Waals surface area (Å²) in [6.07, 6.45) is 1.87. The standard InChI is InChI=1S/C25H49O12P/c1-3-4-5-6-7-8-9-10-11-12-13-14-15-34-16-19(36-18(2)26)17-35-38(32,33)37-25-23(30)21(28)20(27)22(29)24(25)31/h19-25,27-31H,3-17H2,1-2H3,(H,32,33)/t19-,20?,21-,22?,23?,24?,25?/m1/s1. The monoisotopic (exact) mass is 572 g/mol. The lowest BCUT2D eigenvalue weighted by Gasteiger charge is -2.41. The molecule has 1 aliphatic carbocycles. The highest BCUT2D eigenvalue weighted by atomic mass is 31.2. The van der Waals surface area contributed by atoms with E-state index < -0.39 is 63.1 Å². The number of aliphatic hydroxyl groups is 5. The first-order valence-corrected chi connectivity index (χ1v) is 15.3. The van der Waals surface area contributed by atoms with E-state index in [1.165, 1.54) is 57.8 Å². The van der Waals surface area contributed by atoms with Crippen LogP contribution in [0, 0.1) is 0 Å². The number of rotatable bonds is 21. The van der Waals surface area contributed by atoms with Gasteiger partial charge in [0.05, 0.1) is 13.2 Å². The Bertz CT molecular complexity index is 665. The van der Waals surface area contributed by atoms with Crippen LogP contribution in [0.4, 0.5) is 0 Å². The predicted molar refractivity (Wildman–Crippen MR) is 138 cm³/mol. The second-order valence-electron chi connectivity index (χ2n) is 9.98. The van der Waals surface area contributed by atoms with E-state index in [2.05, 4.69) is 6.92 Å². The van der Waals surface area contributed by atoms with Crippen LogP contribution in [-0.4, -0.2) is 98.9 Å². The van der Waals surface area contributed by atoms with Gasteiger partial charge in [-0.25, -0.2) is 4.57 Å². The Balaban J connectivity index is 2.28. The first-order chi connectivity index (χ1) is 18.0. The molecule has 0 aliphatic heterocycles. The summed E-state index contributed by atoms with van der Waals surface area (Å²) >= 11 is 0. The maximum absolute atomic E-state index is 12.3. The Kier molecular flexibility index (Phi) is 18.1. The number of aliphatic hydroxyl groups excluding tert-OH is 5. The van der Waals surface area contributed by atoms with Crippen molar-refractivity contribution in [3.05, 3.63) is 0 Å². The summed E-state index contributed by atoms with van der Waals surface area (Å²) in [5.41, 5.74) is 0. The van der Waals surface area contributed by atoms with Crippen LogP contribution in [0.15, 0.2) is 0 Å². The van der Waals surface area contributed by atoms with Crippen LogP contribution in [0.2, 0.25) is 0 Å². The highest BCUT2D eigenvalue weighted by molar-refractivity contribution is 7.47. The molecule has 1 saturated carbocycles. The maximum Gasteiger partial charge on any atom is 0.472 e. The number of phosphoric acid groups is 1. The molecule has 0 radical (unpaired) electrons. The third-order valence-corrected chi connectivity index (χ3v) is 7.52. The van der Waals surface area contributed by atoms with Gasteiger partial charge in [0.2, 0.25) is 0 Å². The highest BCUT2D eigenvalue weighted by Gasteiger charge is 2.51. The van der Waals surface area contributed by atoms with Crippen molar-refractivity contribution in [3.63, 3.8) is 0 Å². The number of carbonyl (C=O) groups excluding carboxylic acids is 1. The number of esters is 1. The fourth-order valence-corrected chi connectivity index (χ4v) is 5.27. The van der Waals surface area contributed by atoms with Crippen molar-refractivity contribution in [2.24, 2.45) is 0 Å². The molecule has 0 heterocycles. The minimum absolute atomic E-state index is 0.0874. The minimum atomic E-state index is -4.95. The lowest BCUT2D eigenvalue weighted by molar-refractivity contribution is -0.220. The molecule has 1 aliphatic rings. The SMILES string of the molecule is CCCCCCCCCCCCCCOC[C@H](COP(=O)(O)OC1C(O)C(O)C(O)[C@@H](O)C1O)OC(C)=O. The molecule has 0 aromatic carbocycles. The average molecular weight is 573 g/mol. The van der Waals surface area contributed by atoms with Crippen LogP contribution in [0.1, 0.15) is 90.9 Å². The lowest BCUT2D eigenvalue weighted by Crippen LogP contribution is -2.64. The zero-order chi connectivity index (χ0) is 28.6. The summed E-state index contributed by atoms with van der Waals surface area (Å²) in [6, 6.07) is 0. The zero-order valence-electron chi connectivity index (χ0n) is 22.7. The van der Waals surface area contributed by atoms with Crippen LogP contribution < -0.4 is 0 Å². The first kappa shape index (κ1) is 35.4. The molecule has 6 unspecified atom stereocenters. The Morgan fingerprint density at radius 3 is 1.66 bits per heavy atom. The second-order valence-corrected chi connectivity index (χ2v) is 11.4. The van der Waals surface area contributed by atoms with Crippen LogP contribution in [0.5, 0.6) is 0 Å². The van der Waals surface area contributed by atoms with Gasteiger partial charge in [-0.05, 0) is 6.42 Å². The fraction of sp³-hybridized carbons (Fsp3) is 0.960. The number of ether oxygens (including phenoxy) is 2. The van der Waals surface area contributed by atoms with Gasteiger partial charge in [-0.3, -0.25) is 13.8 Å². The van der Waals surface area contributed by atoms with E-state index in [0.29, 0.717) is 6.61 Å². The number of hydrogen-bond donors (Lipinski definition) is 6. The summed E-state index contributed by atoms with van der Waals surface area (Å²) in [5.74, 6) is -0.653. The van der Waals surface area contributed by atoms with Gasteiger partial charge in [-0.1, -0.05) is 77.6 Å². The molecule has 0 bridgehead atoms. The van der Waals surface area contributed by atoms with Gasteiger partial charge in [0.15, 0.2) is 0 Å². The van der Waals surface area contributed by atoms with Gasteiger partial charge < -0.3 is 39.9 Å². The quantitative estimate of drug-likeness (QED) is 0.0666. The molecule has 0 aromatic rings. The molecule has 38 heavy (non-hydrogen) atoms. The van der Waals surface area contributed by atoms with E-state index in [9.17, 15) is 39.8 Å². The zero-order valence-corrected chi connectivity index (χ0v) is 23.6. The van der Waals surface area contributed by atoms with Crippen LogP contribution in [0.25, 0.3) is 0 Å². The molecular weight excluding hydrogens is 523 g/mol. The predicted octanol–water partition coefficient (Wildman–Crippen LogP) is 1.96. The number of phosphoric ester groups is 1. The van der Waals surface area contributed by atoms with E-state index in [0.717, 1.165) is 26.2 Å². The van der Waals surface area contributed by atoms with E-state index in [1.807, 2.05) is 0 Å². The minimum Gasteiger partial charge on any atom is -0.458 e. The Morgan fingerprint density at radius 1 is 0.737 bits per heavy atom. The molecule has 0 aromatic heterocycles. The molecule has 8 atom stereocenters. The summed E-state index contributed by atoms with van der Waals surface area (Å²) < 4.78 is 32.5. The Hall–Kier alpha value is -0.660. The smallest absolute Gasteiger partial charge is 0.458 e. The summed E-state index contributed by atoms with van der Waals surface area (Å²) in [7, 11) is -4.95. The molecule has 12 nitrogen and oxygen atoms in total. The molecule has 1 rings (SSSR count). The van der Waals surface area contributed by atoms with Crippen molar-refractivity contribution in [2.45, 2.75) is 134 Å². The van der Waals surface area contributed by atoms with Gasteiger partial charge in [0.1, 0.15) is 42.7 Å². The van der Waals surface area contributed by atoms with E-state index in [1.54, 1.807) is 0 Å². The third kappa shape index (κ3) is 14.1. The fourth-order valence-electron chi connectivity index (χ4n) is 4.29. The molecule has 6 N–H and O–H groups in total. The number of carbonyl (C=O) groups is 1. The van der Waals surface area contributed by atoms with Crippen LogP contribution in [-0.2, 0) is 27.9 Å². The van der Waals surface area contributed by atoms with E-state index in [-0.39, 0.29) is 6.61 Å². The largest absolute Gasteiger partial charge is 0.472 e. The third-order valence-electron chi connectivity index (χ3n) is 6.53. The average Bonchev–Trinajstić information content (AvgIpc) is 2.87. The van der Waals surface area contributed by atoms with Crippen molar-refractivity contribution >= 4 is 13.8 Å². The Morgan fingerprint density at radius 2 is 1.18 bits per heavy atom. The van der Waals surface area contributed by atoms with Crippen molar-refractivity contribution in [1.29, 1.82) is 0 Å². The molecule has 13 heteroatoms. The van der Waals surface area contributed by atoms with Crippen molar-refractivity contribution in [1.82, 2.24) is 0 Å². The Labute approximate surface area is 225 Å². The van der Waals surface area contributed by atoms with Gasteiger partial charge in [-0.15, -0.1) is 0 Å². The summed E-state index contributed by atoms with van der Waals surface area (Å²) in [5, 5.41) is 49.0. The second kappa shape index (κ2) is 19.4.